The molecular weight excluding hydrogens is 240 g/mol. The summed E-state index contributed by atoms with van der Waals surface area (Å²) in [5.74, 6) is -0.00621. The van der Waals surface area contributed by atoms with Crippen molar-refractivity contribution < 1.29 is 10.0 Å². The molecular formula is C10H16N4O2S. The minimum Gasteiger partial charge on any atom is -0.409 e. The largest absolute Gasteiger partial charge is 0.409 e. The molecule has 0 aliphatic carbocycles. The predicted octanol–water partition coefficient (Wildman–Crippen LogP) is 1.05. The maximum atomic E-state index is 12.0. The first kappa shape index (κ1) is 13.4. The van der Waals surface area contributed by atoms with Crippen LogP contribution in [0.15, 0.2) is 10.5 Å². The maximum Gasteiger partial charge on any atom is 0.273 e. The minimum absolute atomic E-state index is 0.116. The Morgan fingerprint density at radius 3 is 2.88 bits per heavy atom. The molecule has 0 aliphatic rings. The highest BCUT2D eigenvalue weighted by molar-refractivity contribution is 7.09. The number of carbonyl (C=O) groups is 1. The monoisotopic (exact) mass is 256 g/mol. The van der Waals surface area contributed by atoms with E-state index in [1.165, 1.54) is 11.3 Å². The zero-order valence-corrected chi connectivity index (χ0v) is 10.7. The smallest absolute Gasteiger partial charge is 0.273 e. The average molecular weight is 256 g/mol. The van der Waals surface area contributed by atoms with E-state index < -0.39 is 0 Å². The van der Waals surface area contributed by atoms with Crippen LogP contribution in [0.25, 0.3) is 0 Å². The molecule has 0 fully saturated rings. The van der Waals surface area contributed by atoms with Gasteiger partial charge < -0.3 is 15.8 Å². The number of hydrogen-bond donors (Lipinski definition) is 2. The van der Waals surface area contributed by atoms with Gasteiger partial charge in [-0.15, -0.1) is 11.3 Å². The van der Waals surface area contributed by atoms with Gasteiger partial charge in [-0.2, -0.15) is 0 Å². The molecule has 0 aliphatic heterocycles. The second-order valence-electron chi connectivity index (χ2n) is 3.48. The molecule has 0 saturated carbocycles. The third kappa shape index (κ3) is 3.70. The first-order valence-corrected chi connectivity index (χ1v) is 6.14. The van der Waals surface area contributed by atoms with Gasteiger partial charge in [-0.25, -0.2) is 4.98 Å². The number of aromatic nitrogens is 1. The second kappa shape index (κ2) is 6.19. The summed E-state index contributed by atoms with van der Waals surface area (Å²) in [6.07, 6.45) is 0.346. The van der Waals surface area contributed by atoms with Crippen LogP contribution in [0.3, 0.4) is 0 Å². The van der Waals surface area contributed by atoms with Gasteiger partial charge in [0, 0.05) is 24.9 Å². The summed E-state index contributed by atoms with van der Waals surface area (Å²) in [5.41, 5.74) is 5.82. The van der Waals surface area contributed by atoms with E-state index in [1.807, 2.05) is 13.8 Å². The molecule has 7 heteroatoms. The summed E-state index contributed by atoms with van der Waals surface area (Å²) >= 11 is 1.44. The Balaban J connectivity index is 2.64. The molecule has 0 spiro atoms. The molecule has 1 rings (SSSR count). The fourth-order valence-electron chi connectivity index (χ4n) is 1.33. The normalized spacial score (nSPS) is 11.5. The highest BCUT2D eigenvalue weighted by Crippen LogP contribution is 2.10. The van der Waals surface area contributed by atoms with Gasteiger partial charge in [0.1, 0.15) is 11.5 Å². The van der Waals surface area contributed by atoms with Gasteiger partial charge in [0.05, 0.1) is 5.01 Å². The van der Waals surface area contributed by atoms with Crippen LogP contribution in [0.2, 0.25) is 0 Å². The first-order chi connectivity index (χ1) is 8.08. The Kier molecular flexibility index (Phi) is 4.89. The van der Waals surface area contributed by atoms with E-state index in [0.717, 1.165) is 5.01 Å². The summed E-state index contributed by atoms with van der Waals surface area (Å²) in [5, 5.41) is 13.9. The number of carbonyl (C=O) groups excluding carboxylic acids is 1. The van der Waals surface area contributed by atoms with E-state index in [2.05, 4.69) is 10.1 Å². The summed E-state index contributed by atoms with van der Waals surface area (Å²) in [7, 11) is 0. The molecule has 1 heterocycles. The third-order valence-corrected chi connectivity index (χ3v) is 3.05. The summed E-state index contributed by atoms with van der Waals surface area (Å²) in [4.78, 5) is 17.8. The van der Waals surface area contributed by atoms with E-state index in [-0.39, 0.29) is 11.7 Å². The van der Waals surface area contributed by atoms with Crippen molar-refractivity contribution in [2.75, 3.05) is 13.1 Å². The van der Waals surface area contributed by atoms with Gasteiger partial charge in [0.2, 0.25) is 0 Å². The van der Waals surface area contributed by atoms with Crippen LogP contribution in [0.1, 0.15) is 28.8 Å². The molecule has 1 aromatic rings. The molecule has 0 atom stereocenters. The number of nitrogens with two attached hydrogens (primary N) is 1. The van der Waals surface area contributed by atoms with Crippen LogP contribution in [-0.4, -0.2) is 39.9 Å². The molecule has 17 heavy (non-hydrogen) atoms. The lowest BCUT2D eigenvalue weighted by atomic mass is 10.3. The van der Waals surface area contributed by atoms with Gasteiger partial charge in [0.25, 0.3) is 5.91 Å². The molecule has 0 radical (unpaired) electrons. The molecule has 0 bridgehead atoms. The van der Waals surface area contributed by atoms with Crippen molar-refractivity contribution in [1.29, 1.82) is 0 Å². The average Bonchev–Trinajstić information content (AvgIpc) is 2.76. The van der Waals surface area contributed by atoms with Crippen molar-refractivity contribution in [3.8, 4) is 0 Å². The zero-order valence-electron chi connectivity index (χ0n) is 9.88. The van der Waals surface area contributed by atoms with E-state index in [9.17, 15) is 4.79 Å². The van der Waals surface area contributed by atoms with Gasteiger partial charge in [-0.1, -0.05) is 5.16 Å². The molecule has 3 N–H and O–H groups in total. The van der Waals surface area contributed by atoms with Crippen molar-refractivity contribution in [2.24, 2.45) is 10.9 Å². The predicted molar refractivity (Wildman–Crippen MR) is 66.5 cm³/mol. The van der Waals surface area contributed by atoms with Crippen LogP contribution in [0.5, 0.6) is 0 Å². The van der Waals surface area contributed by atoms with E-state index in [0.29, 0.717) is 25.2 Å². The standard InChI is InChI=1S/C10H16N4O2S/c1-3-14(5-4-9(11)13-16)10(15)8-6-17-7(2)12-8/h6,16H,3-5H2,1-2H3,(H2,11,13). The lowest BCUT2D eigenvalue weighted by Crippen LogP contribution is -2.34. The summed E-state index contributed by atoms with van der Waals surface area (Å²) in [6, 6.07) is 0. The lowest BCUT2D eigenvalue weighted by Gasteiger charge is -2.19. The Hall–Kier alpha value is -1.63. The number of nitrogens with zero attached hydrogens (tertiary/aromatic N) is 3. The minimum atomic E-state index is -0.123. The van der Waals surface area contributed by atoms with Crippen LogP contribution in [0, 0.1) is 6.92 Å². The molecule has 0 aromatic carbocycles. The van der Waals surface area contributed by atoms with Crippen molar-refractivity contribution >= 4 is 23.1 Å². The Morgan fingerprint density at radius 1 is 1.71 bits per heavy atom. The third-order valence-electron chi connectivity index (χ3n) is 2.27. The Labute approximate surface area is 104 Å². The molecule has 0 saturated heterocycles. The van der Waals surface area contributed by atoms with E-state index in [4.69, 9.17) is 10.9 Å². The van der Waals surface area contributed by atoms with E-state index >= 15 is 0 Å². The number of aryl methyl sites for hydroxylation is 1. The van der Waals surface area contributed by atoms with Gasteiger partial charge in [-0.05, 0) is 13.8 Å². The summed E-state index contributed by atoms with van der Waals surface area (Å²) < 4.78 is 0. The first-order valence-electron chi connectivity index (χ1n) is 5.26. The van der Waals surface area contributed by atoms with Crippen LogP contribution < -0.4 is 5.73 Å². The van der Waals surface area contributed by atoms with Crippen molar-refractivity contribution in [1.82, 2.24) is 9.88 Å². The highest BCUT2D eigenvalue weighted by Gasteiger charge is 2.16. The number of rotatable bonds is 5. The number of amides is 1. The number of amidine groups is 1. The van der Waals surface area contributed by atoms with Gasteiger partial charge in [0.15, 0.2) is 0 Å². The topological polar surface area (TPSA) is 91.8 Å². The second-order valence-corrected chi connectivity index (χ2v) is 4.54. The SMILES string of the molecule is CCN(CCC(N)=NO)C(=O)c1csc(C)n1. The Morgan fingerprint density at radius 2 is 2.41 bits per heavy atom. The molecule has 94 valence electrons. The maximum absolute atomic E-state index is 12.0. The number of hydrogen-bond acceptors (Lipinski definition) is 5. The van der Waals surface area contributed by atoms with E-state index in [1.54, 1.807) is 10.3 Å². The zero-order chi connectivity index (χ0) is 12.8. The molecule has 1 amide bonds. The summed E-state index contributed by atoms with van der Waals surface area (Å²) in [6.45, 7) is 4.72. The fraction of sp³-hybridized carbons (Fsp3) is 0.500. The van der Waals surface area contributed by atoms with Crippen LogP contribution in [0.4, 0.5) is 0 Å². The number of thiazole rings is 1. The van der Waals surface area contributed by atoms with Gasteiger partial charge >= 0.3 is 0 Å². The molecule has 6 nitrogen and oxygen atoms in total. The molecule has 1 aromatic heterocycles. The van der Waals surface area contributed by atoms with Crippen LogP contribution in [-0.2, 0) is 0 Å². The van der Waals surface area contributed by atoms with Crippen LogP contribution >= 0.6 is 11.3 Å². The van der Waals surface area contributed by atoms with Crippen molar-refractivity contribution in [3.63, 3.8) is 0 Å². The highest BCUT2D eigenvalue weighted by atomic mass is 32.1. The van der Waals surface area contributed by atoms with Crippen molar-refractivity contribution in [3.05, 3.63) is 16.1 Å². The lowest BCUT2D eigenvalue weighted by molar-refractivity contribution is 0.0763. The van der Waals surface area contributed by atoms with Gasteiger partial charge in [-0.3, -0.25) is 4.79 Å². The van der Waals surface area contributed by atoms with Crippen molar-refractivity contribution in [2.45, 2.75) is 20.3 Å². The number of oxime groups is 1. The molecule has 0 unspecified atom stereocenters. The quantitative estimate of drug-likeness (QED) is 0.356. The Bertz CT molecular complexity index is 416. The fourth-order valence-corrected chi connectivity index (χ4v) is 1.91.